The van der Waals surface area contributed by atoms with Crippen molar-refractivity contribution in [2.75, 3.05) is 18.8 Å². The standard InChI is InChI=1S/C17H28N4O2/c1-2-14-15(20-23-16(14)18)12-8-10-21(11-9-12)17(22)19-13-6-4-3-5-7-13/h12-13H,2-11,18H2,1H3,(H,19,22). The number of anilines is 1. The van der Waals surface area contributed by atoms with Crippen LogP contribution in [-0.4, -0.2) is 35.2 Å². The Morgan fingerprint density at radius 1 is 1.26 bits per heavy atom. The van der Waals surface area contributed by atoms with Gasteiger partial charge in [-0.3, -0.25) is 0 Å². The van der Waals surface area contributed by atoms with E-state index >= 15 is 0 Å². The monoisotopic (exact) mass is 320 g/mol. The number of aromatic nitrogens is 1. The molecule has 2 heterocycles. The van der Waals surface area contributed by atoms with Gasteiger partial charge in [0.15, 0.2) is 0 Å². The molecule has 2 amide bonds. The predicted octanol–water partition coefficient (Wildman–Crippen LogP) is 3.04. The molecule has 1 aliphatic heterocycles. The highest BCUT2D eigenvalue weighted by molar-refractivity contribution is 5.74. The maximum Gasteiger partial charge on any atom is 0.317 e. The van der Waals surface area contributed by atoms with Crippen LogP contribution in [0.15, 0.2) is 4.52 Å². The van der Waals surface area contributed by atoms with Crippen molar-refractivity contribution in [3.63, 3.8) is 0 Å². The molecule has 0 atom stereocenters. The summed E-state index contributed by atoms with van der Waals surface area (Å²) in [5.41, 5.74) is 7.87. The minimum absolute atomic E-state index is 0.103. The number of amides is 2. The summed E-state index contributed by atoms with van der Waals surface area (Å²) in [6, 6.07) is 0.474. The quantitative estimate of drug-likeness (QED) is 0.896. The van der Waals surface area contributed by atoms with Crippen molar-refractivity contribution in [3.05, 3.63) is 11.3 Å². The number of carbonyl (C=O) groups excluding carboxylic acids is 1. The first-order valence-corrected chi connectivity index (χ1v) is 8.98. The molecule has 3 N–H and O–H groups in total. The zero-order chi connectivity index (χ0) is 16.2. The largest absolute Gasteiger partial charge is 0.367 e. The minimum Gasteiger partial charge on any atom is -0.367 e. The number of likely N-dealkylation sites (tertiary alicyclic amines) is 1. The van der Waals surface area contributed by atoms with Gasteiger partial charge >= 0.3 is 6.03 Å². The highest BCUT2D eigenvalue weighted by Crippen LogP contribution is 2.32. The van der Waals surface area contributed by atoms with E-state index in [-0.39, 0.29) is 6.03 Å². The number of nitrogens with one attached hydrogen (secondary N) is 1. The summed E-state index contributed by atoms with van der Waals surface area (Å²) in [6.45, 7) is 3.62. The first kappa shape index (κ1) is 16.1. The summed E-state index contributed by atoms with van der Waals surface area (Å²) in [5, 5.41) is 7.36. The lowest BCUT2D eigenvalue weighted by molar-refractivity contribution is 0.173. The van der Waals surface area contributed by atoms with Crippen LogP contribution in [0.4, 0.5) is 10.7 Å². The van der Waals surface area contributed by atoms with Crippen molar-refractivity contribution < 1.29 is 9.32 Å². The molecule has 2 aliphatic rings. The van der Waals surface area contributed by atoms with Crippen LogP contribution in [0.1, 0.15) is 69.0 Å². The number of piperidine rings is 1. The number of nitrogens with zero attached hydrogens (tertiary/aromatic N) is 2. The highest BCUT2D eigenvalue weighted by Gasteiger charge is 2.29. The molecule has 1 saturated heterocycles. The van der Waals surface area contributed by atoms with Crippen molar-refractivity contribution in [3.8, 4) is 0 Å². The Morgan fingerprint density at radius 2 is 1.96 bits per heavy atom. The molecule has 1 aliphatic carbocycles. The number of hydrogen-bond donors (Lipinski definition) is 2. The Bertz CT molecular complexity index is 529. The fraction of sp³-hybridized carbons (Fsp3) is 0.765. The van der Waals surface area contributed by atoms with E-state index in [1.807, 2.05) is 4.90 Å². The van der Waals surface area contributed by atoms with Gasteiger partial charge in [0.2, 0.25) is 5.88 Å². The van der Waals surface area contributed by atoms with E-state index in [1.54, 1.807) is 0 Å². The Labute approximate surface area is 137 Å². The van der Waals surface area contributed by atoms with Crippen LogP contribution in [0.25, 0.3) is 0 Å². The Hall–Kier alpha value is -1.72. The number of urea groups is 1. The van der Waals surface area contributed by atoms with Crippen molar-refractivity contribution in [1.29, 1.82) is 0 Å². The zero-order valence-electron chi connectivity index (χ0n) is 14.0. The van der Waals surface area contributed by atoms with E-state index in [2.05, 4.69) is 17.4 Å². The average molecular weight is 320 g/mol. The van der Waals surface area contributed by atoms with Crippen LogP contribution in [-0.2, 0) is 6.42 Å². The molecule has 6 heteroatoms. The molecule has 0 spiro atoms. The maximum absolute atomic E-state index is 12.4. The van der Waals surface area contributed by atoms with Crippen LogP contribution in [0, 0.1) is 0 Å². The number of nitrogen functional groups attached to an aromatic ring is 1. The van der Waals surface area contributed by atoms with E-state index in [0.29, 0.717) is 17.8 Å². The SMILES string of the molecule is CCc1c(C2CCN(C(=O)NC3CCCCC3)CC2)noc1N. The number of hydrogen-bond acceptors (Lipinski definition) is 4. The molecular weight excluding hydrogens is 292 g/mol. The molecule has 23 heavy (non-hydrogen) atoms. The Morgan fingerprint density at radius 3 is 2.61 bits per heavy atom. The lowest BCUT2D eigenvalue weighted by atomic mass is 9.90. The molecular formula is C17H28N4O2. The van der Waals surface area contributed by atoms with Gasteiger partial charge in [-0.2, -0.15) is 0 Å². The van der Waals surface area contributed by atoms with Crippen molar-refractivity contribution in [2.45, 2.75) is 70.3 Å². The summed E-state index contributed by atoms with van der Waals surface area (Å²) < 4.78 is 5.15. The van der Waals surface area contributed by atoms with Gasteiger partial charge in [0.25, 0.3) is 0 Å². The first-order chi connectivity index (χ1) is 11.2. The number of rotatable bonds is 3. The minimum atomic E-state index is 0.103. The summed E-state index contributed by atoms with van der Waals surface area (Å²) in [5.74, 6) is 0.796. The van der Waals surface area contributed by atoms with E-state index in [9.17, 15) is 4.79 Å². The molecule has 2 fully saturated rings. The van der Waals surface area contributed by atoms with Gasteiger partial charge in [0, 0.05) is 30.6 Å². The van der Waals surface area contributed by atoms with Crippen molar-refractivity contribution in [1.82, 2.24) is 15.4 Å². The Kier molecular flexibility index (Phi) is 5.08. The summed E-state index contributed by atoms with van der Waals surface area (Å²) in [4.78, 5) is 14.3. The van der Waals surface area contributed by atoms with Gasteiger partial charge in [0.1, 0.15) is 0 Å². The van der Waals surface area contributed by atoms with E-state index in [4.69, 9.17) is 10.3 Å². The van der Waals surface area contributed by atoms with Gasteiger partial charge in [0.05, 0.1) is 5.69 Å². The maximum atomic E-state index is 12.4. The summed E-state index contributed by atoms with van der Waals surface area (Å²) in [6.07, 6.45) is 8.72. The first-order valence-electron chi connectivity index (χ1n) is 8.98. The van der Waals surface area contributed by atoms with Gasteiger partial charge in [-0.05, 0) is 32.1 Å². The molecule has 128 valence electrons. The topological polar surface area (TPSA) is 84.4 Å². The average Bonchev–Trinajstić information content (AvgIpc) is 2.96. The summed E-state index contributed by atoms with van der Waals surface area (Å²) >= 11 is 0. The predicted molar refractivity (Wildman–Crippen MR) is 89.2 cm³/mol. The van der Waals surface area contributed by atoms with Crippen LogP contribution in [0.2, 0.25) is 0 Å². The van der Waals surface area contributed by atoms with Gasteiger partial charge in [-0.25, -0.2) is 4.79 Å². The van der Waals surface area contributed by atoms with Crippen molar-refractivity contribution >= 4 is 11.9 Å². The van der Waals surface area contributed by atoms with E-state index < -0.39 is 0 Å². The molecule has 0 radical (unpaired) electrons. The Balaban J connectivity index is 1.52. The molecule has 1 aromatic heterocycles. The lowest BCUT2D eigenvalue weighted by Crippen LogP contribution is -2.48. The van der Waals surface area contributed by atoms with E-state index in [1.165, 1.54) is 19.3 Å². The second-order valence-electron chi connectivity index (χ2n) is 6.81. The molecule has 3 rings (SSSR count). The van der Waals surface area contributed by atoms with E-state index in [0.717, 1.165) is 56.5 Å². The third-order valence-electron chi connectivity index (χ3n) is 5.30. The molecule has 6 nitrogen and oxygen atoms in total. The van der Waals surface area contributed by atoms with Gasteiger partial charge in [-0.15, -0.1) is 0 Å². The highest BCUT2D eigenvalue weighted by atomic mass is 16.5. The molecule has 1 aromatic rings. The zero-order valence-corrected chi connectivity index (χ0v) is 14.0. The number of nitrogens with two attached hydrogens (primary N) is 1. The lowest BCUT2D eigenvalue weighted by Gasteiger charge is -2.33. The van der Waals surface area contributed by atoms with Gasteiger partial charge < -0.3 is 20.5 Å². The van der Waals surface area contributed by atoms with Crippen molar-refractivity contribution in [2.24, 2.45) is 0 Å². The second kappa shape index (κ2) is 7.23. The van der Waals surface area contributed by atoms with Crippen LogP contribution in [0.3, 0.4) is 0 Å². The van der Waals surface area contributed by atoms with Crippen LogP contribution in [0.5, 0.6) is 0 Å². The molecule has 0 unspecified atom stereocenters. The molecule has 0 aromatic carbocycles. The fourth-order valence-electron chi connectivity index (χ4n) is 3.88. The molecule has 0 bridgehead atoms. The van der Waals surface area contributed by atoms with Crippen LogP contribution < -0.4 is 11.1 Å². The second-order valence-corrected chi connectivity index (χ2v) is 6.81. The fourth-order valence-corrected chi connectivity index (χ4v) is 3.88. The normalized spacial score (nSPS) is 20.7. The number of carbonyl (C=O) groups is 1. The van der Waals surface area contributed by atoms with Gasteiger partial charge in [-0.1, -0.05) is 31.3 Å². The molecule has 1 saturated carbocycles. The third kappa shape index (κ3) is 3.62. The van der Waals surface area contributed by atoms with Crippen LogP contribution >= 0.6 is 0 Å². The smallest absolute Gasteiger partial charge is 0.317 e. The summed E-state index contributed by atoms with van der Waals surface area (Å²) in [7, 11) is 0. The third-order valence-corrected chi connectivity index (χ3v) is 5.30.